The van der Waals surface area contributed by atoms with Crippen LogP contribution in [0, 0.1) is 0 Å². The standard InChI is InChI=1S/C46H30IN4/c1-2-14-39-35(9-1)44-34(10-7-11-36(44)46(51-39)37-12-8-13-38-45(37)47-38)32-23-21-30(22-24-32)29-17-19-31(20-18-29)33-27-42(40-15-3-5-25-48-40)50-43(28-33)41-16-4-6-26-49-41/h1-28,38,45H/q-1. The summed E-state index contributed by atoms with van der Waals surface area (Å²) in [6.07, 6.45) is 10.6. The number of hydrogen-bond donors (Lipinski definition) is 0. The van der Waals surface area contributed by atoms with Gasteiger partial charge in [-0.1, -0.05) is 24.3 Å². The van der Waals surface area contributed by atoms with Gasteiger partial charge in [0, 0.05) is 12.4 Å². The maximum absolute atomic E-state index is 5.27. The Morgan fingerprint density at radius 2 is 1.10 bits per heavy atom. The average Bonchev–Trinajstić information content (AvgIpc) is 4.02. The molecular weight excluding hydrogens is 735 g/mol. The van der Waals surface area contributed by atoms with E-state index in [0.29, 0.717) is 3.92 Å². The van der Waals surface area contributed by atoms with Crippen LogP contribution in [0.4, 0.5) is 0 Å². The van der Waals surface area contributed by atoms with Gasteiger partial charge < -0.3 is 0 Å². The van der Waals surface area contributed by atoms with E-state index in [1.165, 1.54) is 44.0 Å². The van der Waals surface area contributed by atoms with E-state index in [4.69, 9.17) is 9.97 Å². The number of benzene rings is 4. The Bertz CT molecular complexity index is 2590. The van der Waals surface area contributed by atoms with Crippen molar-refractivity contribution < 1.29 is 21.2 Å². The number of hydrogen-bond acceptors (Lipinski definition) is 4. The summed E-state index contributed by atoms with van der Waals surface area (Å²) >= 11 is 0.183. The van der Waals surface area contributed by atoms with Gasteiger partial charge in [-0.05, 0) is 47.5 Å². The van der Waals surface area contributed by atoms with Crippen LogP contribution in [0.25, 0.3) is 83.4 Å². The zero-order chi connectivity index (χ0) is 33.7. The van der Waals surface area contributed by atoms with Gasteiger partial charge in [-0.3, -0.25) is 9.97 Å². The summed E-state index contributed by atoms with van der Waals surface area (Å²) in [7, 11) is 0. The zero-order valence-electron chi connectivity index (χ0n) is 27.5. The topological polar surface area (TPSA) is 51.6 Å². The number of halogens is 1. The first kappa shape index (κ1) is 30.1. The molecule has 2 unspecified atom stereocenters. The number of alkyl halides is 2. The molecule has 10 rings (SSSR count). The van der Waals surface area contributed by atoms with Crippen LogP contribution in [-0.2, 0) is 0 Å². The van der Waals surface area contributed by atoms with E-state index in [1.807, 2.05) is 36.4 Å². The van der Waals surface area contributed by atoms with E-state index in [1.54, 1.807) is 12.4 Å². The van der Waals surface area contributed by atoms with E-state index in [9.17, 15) is 0 Å². The van der Waals surface area contributed by atoms with Crippen LogP contribution in [0.2, 0.25) is 0 Å². The second-order valence-corrected chi connectivity index (χ2v) is 16.4. The average molecular weight is 766 g/mol. The fourth-order valence-electron chi connectivity index (χ4n) is 7.21. The molecule has 8 aromatic rings. The third-order valence-electron chi connectivity index (χ3n) is 9.79. The van der Waals surface area contributed by atoms with Crippen LogP contribution < -0.4 is 21.2 Å². The van der Waals surface area contributed by atoms with Gasteiger partial charge in [-0.15, -0.1) is 0 Å². The normalized spacial score (nSPS) is 16.4. The number of allylic oxidation sites excluding steroid dienone is 4. The van der Waals surface area contributed by atoms with Crippen molar-refractivity contribution in [3.63, 3.8) is 0 Å². The SMILES string of the molecule is C1=CC2[I-]C2C(c2nc3ccccc3c3c(-c4ccc(-c5ccc(-c6cc(-c7ccccn7)nc(-c7ccccn7)c6)cc5)cc4)cccc23)=C1. The Balaban J connectivity index is 1.01. The number of rotatable bonds is 6. The first-order chi connectivity index (χ1) is 25.3. The molecule has 1 fully saturated rings. The number of pyridine rings is 4. The van der Waals surface area contributed by atoms with Crippen LogP contribution in [0.15, 0.2) is 170 Å². The van der Waals surface area contributed by atoms with Crippen molar-refractivity contribution >= 4 is 27.2 Å². The summed E-state index contributed by atoms with van der Waals surface area (Å²) in [5.41, 5.74) is 13.9. The number of aromatic nitrogens is 4. The van der Waals surface area contributed by atoms with Gasteiger partial charge in [0.2, 0.25) is 0 Å². The summed E-state index contributed by atoms with van der Waals surface area (Å²) in [5, 5.41) is 3.73. The van der Waals surface area contributed by atoms with E-state index in [0.717, 1.165) is 49.0 Å². The maximum atomic E-state index is 5.27. The van der Waals surface area contributed by atoms with Crippen molar-refractivity contribution in [1.82, 2.24) is 19.9 Å². The molecular formula is C46H30IN4-. The van der Waals surface area contributed by atoms with Gasteiger partial charge in [0.25, 0.3) is 0 Å². The molecule has 0 saturated carbocycles. The molecule has 5 heteroatoms. The fraction of sp³-hybridized carbons (Fsp3) is 0.0435. The van der Waals surface area contributed by atoms with Gasteiger partial charge in [0.05, 0.1) is 22.8 Å². The quantitative estimate of drug-likeness (QED) is 0.0990. The third-order valence-corrected chi connectivity index (χ3v) is 13.1. The number of fused-ring (bicyclic) bond motifs is 4. The molecule has 242 valence electrons. The molecule has 0 bridgehead atoms. The van der Waals surface area contributed by atoms with E-state index >= 15 is 0 Å². The fourth-order valence-corrected chi connectivity index (χ4v) is 9.86. The molecule has 2 atom stereocenters. The summed E-state index contributed by atoms with van der Waals surface area (Å²) < 4.78 is 1.47. The van der Waals surface area contributed by atoms with Crippen molar-refractivity contribution in [2.24, 2.45) is 0 Å². The van der Waals surface area contributed by atoms with Crippen molar-refractivity contribution in [3.05, 3.63) is 176 Å². The Morgan fingerprint density at radius 3 is 1.76 bits per heavy atom. The first-order valence-corrected chi connectivity index (χ1v) is 19.6. The first-order valence-electron chi connectivity index (χ1n) is 17.2. The van der Waals surface area contributed by atoms with Crippen molar-refractivity contribution in [2.75, 3.05) is 0 Å². The van der Waals surface area contributed by atoms with Gasteiger partial charge in [0.15, 0.2) is 0 Å². The van der Waals surface area contributed by atoms with E-state index < -0.39 is 0 Å². The van der Waals surface area contributed by atoms with Crippen LogP contribution in [-0.4, -0.2) is 27.8 Å². The van der Waals surface area contributed by atoms with Crippen LogP contribution in [0.5, 0.6) is 0 Å². The van der Waals surface area contributed by atoms with Gasteiger partial charge in [-0.2, -0.15) is 0 Å². The molecule has 1 aliphatic heterocycles. The Hall–Kier alpha value is -5.79. The van der Waals surface area contributed by atoms with Gasteiger partial charge >= 0.3 is 186 Å². The van der Waals surface area contributed by atoms with Gasteiger partial charge in [-0.25, -0.2) is 4.98 Å². The van der Waals surface area contributed by atoms with E-state index in [-0.39, 0.29) is 21.2 Å². The molecule has 4 aromatic heterocycles. The molecule has 0 radical (unpaired) electrons. The monoisotopic (exact) mass is 765 g/mol. The van der Waals surface area contributed by atoms with Crippen molar-refractivity contribution in [3.8, 4) is 56.2 Å². The molecule has 0 N–H and O–H groups in total. The van der Waals surface area contributed by atoms with Crippen LogP contribution >= 0.6 is 0 Å². The van der Waals surface area contributed by atoms with Crippen molar-refractivity contribution in [1.29, 1.82) is 0 Å². The predicted octanol–water partition coefficient (Wildman–Crippen LogP) is 7.70. The third kappa shape index (κ3) is 5.54. The molecule has 1 aliphatic carbocycles. The summed E-state index contributed by atoms with van der Waals surface area (Å²) in [4.78, 5) is 19.3. The van der Waals surface area contributed by atoms with Crippen LogP contribution in [0.1, 0.15) is 5.69 Å². The number of nitrogens with zero attached hydrogens (tertiary/aromatic N) is 4. The Kier molecular flexibility index (Phi) is 7.38. The summed E-state index contributed by atoms with van der Waals surface area (Å²) in [6, 6.07) is 49.2. The predicted molar refractivity (Wildman–Crippen MR) is 205 cm³/mol. The summed E-state index contributed by atoms with van der Waals surface area (Å²) in [6.45, 7) is 0. The summed E-state index contributed by atoms with van der Waals surface area (Å²) in [5.74, 6) is 0. The molecule has 0 amide bonds. The molecule has 0 spiro atoms. The molecule has 4 nitrogen and oxygen atoms in total. The molecule has 51 heavy (non-hydrogen) atoms. The minimum absolute atomic E-state index is 0.183. The zero-order valence-corrected chi connectivity index (χ0v) is 29.6. The van der Waals surface area contributed by atoms with Crippen LogP contribution in [0.3, 0.4) is 0 Å². The molecule has 5 heterocycles. The second-order valence-electron chi connectivity index (χ2n) is 12.9. The van der Waals surface area contributed by atoms with Gasteiger partial charge in [0.1, 0.15) is 0 Å². The second kappa shape index (κ2) is 12.5. The molecule has 4 aromatic carbocycles. The Labute approximate surface area is 306 Å². The molecule has 2 aliphatic rings. The molecule has 1 saturated heterocycles. The number of para-hydroxylation sites is 1. The minimum atomic E-state index is 0.183. The van der Waals surface area contributed by atoms with Crippen molar-refractivity contribution in [2.45, 2.75) is 7.85 Å². The van der Waals surface area contributed by atoms with E-state index in [2.05, 4.69) is 131 Å². The Morgan fingerprint density at radius 1 is 0.490 bits per heavy atom.